The summed E-state index contributed by atoms with van der Waals surface area (Å²) in [7, 11) is 1.50. The van der Waals surface area contributed by atoms with E-state index in [9.17, 15) is 9.59 Å². The molecule has 0 radical (unpaired) electrons. The van der Waals surface area contributed by atoms with Gasteiger partial charge in [-0.25, -0.2) is 4.98 Å². The quantitative estimate of drug-likeness (QED) is 0.539. The molecule has 9 nitrogen and oxygen atoms in total. The van der Waals surface area contributed by atoms with Crippen LogP contribution in [0.1, 0.15) is 24.9 Å². The van der Waals surface area contributed by atoms with Crippen molar-refractivity contribution in [1.29, 1.82) is 0 Å². The fourth-order valence-corrected chi connectivity index (χ4v) is 2.41. The largest absolute Gasteiger partial charge is 0.405 e. The lowest BCUT2D eigenvalue weighted by molar-refractivity contribution is -0.113. The number of carbonyl (C=O) groups is 1. The average molecular weight is 339 g/mol. The van der Waals surface area contributed by atoms with Gasteiger partial charge in [-0.15, -0.1) is 5.10 Å². The van der Waals surface area contributed by atoms with Crippen LogP contribution in [-0.2, 0) is 22.6 Å². The van der Waals surface area contributed by atoms with E-state index in [1.54, 1.807) is 0 Å². The van der Waals surface area contributed by atoms with Gasteiger partial charge in [0.15, 0.2) is 5.16 Å². The van der Waals surface area contributed by atoms with Crippen molar-refractivity contribution in [3.63, 3.8) is 0 Å². The molecule has 10 heteroatoms. The lowest BCUT2D eigenvalue weighted by atomic mass is 10.2. The van der Waals surface area contributed by atoms with E-state index in [1.165, 1.54) is 13.2 Å². The molecule has 2 heterocycles. The molecule has 0 bridgehead atoms. The molecule has 0 aromatic carbocycles. The van der Waals surface area contributed by atoms with E-state index in [2.05, 4.69) is 25.5 Å². The van der Waals surface area contributed by atoms with E-state index < -0.39 is 0 Å². The number of rotatable bonds is 8. The first-order chi connectivity index (χ1) is 11.1. The summed E-state index contributed by atoms with van der Waals surface area (Å²) in [4.78, 5) is 30.3. The molecule has 0 aliphatic carbocycles. The third-order valence-corrected chi connectivity index (χ3v) is 3.47. The minimum absolute atomic E-state index is 0.00355. The number of nitrogens with one attached hydrogen (secondary N) is 2. The maximum Gasteiger partial charge on any atom is 0.322 e. The number of hydrogen-bond donors (Lipinski definition) is 2. The number of methoxy groups -OCH3 is 1. The SMILES string of the molecule is CCCc1cc(=O)[nH]c(SCC(=O)Nc2nnc(COC)o2)n1. The summed E-state index contributed by atoms with van der Waals surface area (Å²) in [6, 6.07) is 1.47. The molecular formula is C13H17N5O4S. The van der Waals surface area contributed by atoms with E-state index in [-0.39, 0.29) is 35.7 Å². The highest BCUT2D eigenvalue weighted by atomic mass is 32.2. The molecule has 0 aliphatic rings. The van der Waals surface area contributed by atoms with Crippen LogP contribution in [0.2, 0.25) is 0 Å². The number of aryl methyl sites for hydroxylation is 1. The van der Waals surface area contributed by atoms with Gasteiger partial charge in [0.25, 0.3) is 5.56 Å². The third kappa shape index (κ3) is 5.49. The van der Waals surface area contributed by atoms with Gasteiger partial charge in [0.1, 0.15) is 6.61 Å². The van der Waals surface area contributed by atoms with Gasteiger partial charge >= 0.3 is 6.01 Å². The topological polar surface area (TPSA) is 123 Å². The standard InChI is InChI=1S/C13H17N5O4S/c1-3-4-8-5-9(19)16-13(14-8)23-7-10(20)15-12-18-17-11(22-12)6-21-2/h5H,3-4,6-7H2,1-2H3,(H,14,16,19)(H,15,18,20). The molecule has 2 rings (SSSR count). The number of hydrogen-bond acceptors (Lipinski definition) is 8. The van der Waals surface area contributed by atoms with Crippen molar-refractivity contribution in [2.24, 2.45) is 0 Å². The van der Waals surface area contributed by atoms with E-state index in [0.29, 0.717) is 17.3 Å². The Hall–Kier alpha value is -2.20. The molecule has 2 aromatic heterocycles. The highest BCUT2D eigenvalue weighted by molar-refractivity contribution is 7.99. The molecule has 2 N–H and O–H groups in total. The summed E-state index contributed by atoms with van der Waals surface area (Å²) in [6.07, 6.45) is 1.61. The Bertz CT molecular complexity index is 714. The Labute approximate surface area is 136 Å². The van der Waals surface area contributed by atoms with Crippen LogP contribution < -0.4 is 10.9 Å². The summed E-state index contributed by atoms with van der Waals surface area (Å²) in [6.45, 7) is 2.18. The molecule has 1 amide bonds. The van der Waals surface area contributed by atoms with Gasteiger partial charge in [0, 0.05) is 18.9 Å². The van der Waals surface area contributed by atoms with Gasteiger partial charge < -0.3 is 14.1 Å². The summed E-state index contributed by atoms with van der Waals surface area (Å²) in [5.41, 5.74) is 0.479. The summed E-state index contributed by atoms with van der Waals surface area (Å²) < 4.78 is 9.99. The Kier molecular flexibility index (Phi) is 6.29. The molecule has 0 atom stereocenters. The molecule has 0 fully saturated rings. The molecule has 0 saturated carbocycles. The molecule has 124 valence electrons. The zero-order valence-corrected chi connectivity index (χ0v) is 13.6. The Morgan fingerprint density at radius 1 is 1.48 bits per heavy atom. The fourth-order valence-electron chi connectivity index (χ4n) is 1.71. The number of ether oxygens (including phenoxy) is 1. The number of amides is 1. The van der Waals surface area contributed by atoms with Gasteiger partial charge in [0.05, 0.1) is 5.75 Å². The van der Waals surface area contributed by atoms with Gasteiger partial charge in [-0.3, -0.25) is 14.9 Å². The van der Waals surface area contributed by atoms with Gasteiger partial charge in [-0.1, -0.05) is 30.2 Å². The number of anilines is 1. The first-order valence-electron chi connectivity index (χ1n) is 6.95. The molecule has 0 spiro atoms. The van der Waals surface area contributed by atoms with E-state index in [1.807, 2.05) is 6.92 Å². The van der Waals surface area contributed by atoms with Gasteiger partial charge in [0.2, 0.25) is 11.8 Å². The van der Waals surface area contributed by atoms with E-state index >= 15 is 0 Å². The van der Waals surface area contributed by atoms with Crippen LogP contribution in [0.25, 0.3) is 0 Å². The van der Waals surface area contributed by atoms with Gasteiger partial charge in [-0.05, 0) is 6.42 Å². The fraction of sp³-hybridized carbons (Fsp3) is 0.462. The van der Waals surface area contributed by atoms with Crippen LogP contribution in [0.15, 0.2) is 20.4 Å². The van der Waals surface area contributed by atoms with Crippen molar-refractivity contribution >= 4 is 23.7 Å². The Balaban J connectivity index is 1.89. The Morgan fingerprint density at radius 3 is 3.04 bits per heavy atom. The van der Waals surface area contributed by atoms with E-state index in [0.717, 1.165) is 18.2 Å². The maximum absolute atomic E-state index is 11.8. The minimum Gasteiger partial charge on any atom is -0.405 e. The van der Waals surface area contributed by atoms with Crippen LogP contribution in [0.4, 0.5) is 6.01 Å². The van der Waals surface area contributed by atoms with Crippen LogP contribution in [0, 0.1) is 0 Å². The average Bonchev–Trinajstić information content (AvgIpc) is 2.92. The lowest BCUT2D eigenvalue weighted by Crippen LogP contribution is -2.16. The number of thioether (sulfide) groups is 1. The summed E-state index contributed by atoms with van der Waals surface area (Å²) >= 11 is 1.13. The third-order valence-electron chi connectivity index (χ3n) is 2.60. The molecule has 0 unspecified atom stereocenters. The molecule has 0 saturated heterocycles. The van der Waals surface area contributed by atoms with Crippen LogP contribution in [0.5, 0.6) is 0 Å². The number of aromatic amines is 1. The molecule has 23 heavy (non-hydrogen) atoms. The molecule has 0 aliphatic heterocycles. The van der Waals surface area contributed by atoms with Crippen molar-refractivity contribution in [1.82, 2.24) is 20.2 Å². The zero-order valence-electron chi connectivity index (χ0n) is 12.8. The normalized spacial score (nSPS) is 10.7. The number of aromatic nitrogens is 4. The lowest BCUT2D eigenvalue weighted by Gasteiger charge is -2.03. The monoisotopic (exact) mass is 339 g/mol. The smallest absolute Gasteiger partial charge is 0.322 e. The number of nitrogens with zero attached hydrogens (tertiary/aromatic N) is 3. The second-order valence-electron chi connectivity index (χ2n) is 4.56. The highest BCUT2D eigenvalue weighted by Crippen LogP contribution is 2.13. The van der Waals surface area contributed by atoms with Crippen molar-refractivity contribution in [2.75, 3.05) is 18.2 Å². The van der Waals surface area contributed by atoms with Crippen molar-refractivity contribution in [2.45, 2.75) is 31.5 Å². The predicted molar refractivity (Wildman–Crippen MR) is 83.2 cm³/mol. The molecule has 2 aromatic rings. The zero-order chi connectivity index (χ0) is 16.7. The van der Waals surface area contributed by atoms with Crippen molar-refractivity contribution < 1.29 is 13.9 Å². The second kappa shape index (κ2) is 8.44. The first-order valence-corrected chi connectivity index (χ1v) is 7.93. The van der Waals surface area contributed by atoms with Gasteiger partial charge in [-0.2, -0.15) is 0 Å². The number of H-pyrrole nitrogens is 1. The Morgan fingerprint density at radius 2 is 2.30 bits per heavy atom. The minimum atomic E-state index is -0.342. The van der Waals surface area contributed by atoms with Crippen LogP contribution in [0.3, 0.4) is 0 Å². The van der Waals surface area contributed by atoms with E-state index in [4.69, 9.17) is 9.15 Å². The second-order valence-corrected chi connectivity index (χ2v) is 5.53. The number of carbonyl (C=O) groups excluding carboxylic acids is 1. The van der Waals surface area contributed by atoms with Crippen LogP contribution in [-0.4, -0.2) is 38.9 Å². The maximum atomic E-state index is 11.8. The van der Waals surface area contributed by atoms with Crippen molar-refractivity contribution in [3.05, 3.63) is 28.0 Å². The molecular weight excluding hydrogens is 322 g/mol. The summed E-state index contributed by atoms with van der Waals surface area (Å²) in [5.74, 6) is -0.0135. The predicted octanol–water partition coefficient (Wildman–Crippen LogP) is 0.983. The summed E-state index contributed by atoms with van der Waals surface area (Å²) in [5, 5.41) is 10.2. The first kappa shape index (κ1) is 17.2. The van der Waals surface area contributed by atoms with Crippen LogP contribution >= 0.6 is 11.8 Å². The van der Waals surface area contributed by atoms with Crippen molar-refractivity contribution in [3.8, 4) is 0 Å². The highest BCUT2D eigenvalue weighted by Gasteiger charge is 2.11.